The van der Waals surface area contributed by atoms with E-state index in [0.717, 1.165) is 24.0 Å². The van der Waals surface area contributed by atoms with Crippen LogP contribution in [0, 0.1) is 12.8 Å². The van der Waals surface area contributed by atoms with Gasteiger partial charge in [0.05, 0.1) is 10.9 Å². The van der Waals surface area contributed by atoms with Crippen LogP contribution in [0.25, 0.3) is 0 Å². The Bertz CT molecular complexity index is 1110. The molecule has 0 aliphatic carbocycles. The first kappa shape index (κ1) is 22.6. The smallest absolute Gasteiger partial charge is 0.252 e. The minimum absolute atomic E-state index is 0.110. The van der Waals surface area contributed by atoms with Gasteiger partial charge in [0.25, 0.3) is 5.91 Å². The standard InChI is InChI=1S/C24H30N2O5S/c1-16(2)23(18-7-9-21-22(14-18)31-13-12-30-21)25-24(27)20-15-19(8-6-17(20)3)32(28,29)26-10-4-5-11-26/h6-9,14-16,23H,4-5,10-13H2,1-3H3,(H,25,27). The van der Waals surface area contributed by atoms with Crippen LogP contribution in [-0.4, -0.2) is 44.9 Å². The maximum Gasteiger partial charge on any atom is 0.252 e. The number of amides is 1. The largest absolute Gasteiger partial charge is 0.486 e. The first-order chi connectivity index (χ1) is 15.3. The lowest BCUT2D eigenvalue weighted by Gasteiger charge is -2.26. The van der Waals surface area contributed by atoms with Crippen LogP contribution >= 0.6 is 0 Å². The molecule has 0 spiro atoms. The fourth-order valence-electron chi connectivity index (χ4n) is 4.19. The van der Waals surface area contributed by atoms with Gasteiger partial charge in [0.15, 0.2) is 11.5 Å². The van der Waals surface area contributed by atoms with E-state index in [1.807, 2.05) is 39.0 Å². The van der Waals surface area contributed by atoms with Gasteiger partial charge in [-0.1, -0.05) is 26.0 Å². The minimum Gasteiger partial charge on any atom is -0.486 e. The highest BCUT2D eigenvalue weighted by molar-refractivity contribution is 7.89. The van der Waals surface area contributed by atoms with E-state index in [1.165, 1.54) is 10.4 Å². The Morgan fingerprint density at radius 1 is 1.00 bits per heavy atom. The summed E-state index contributed by atoms with van der Waals surface area (Å²) in [5, 5.41) is 3.10. The van der Waals surface area contributed by atoms with Crippen LogP contribution in [0.1, 0.15) is 54.2 Å². The second-order valence-electron chi connectivity index (χ2n) is 8.69. The summed E-state index contributed by atoms with van der Waals surface area (Å²) in [7, 11) is -3.60. The molecule has 1 saturated heterocycles. The van der Waals surface area contributed by atoms with Crippen molar-refractivity contribution in [3.8, 4) is 11.5 Å². The minimum atomic E-state index is -3.60. The second kappa shape index (κ2) is 9.11. The molecule has 1 fully saturated rings. The Morgan fingerprint density at radius 2 is 1.69 bits per heavy atom. The second-order valence-corrected chi connectivity index (χ2v) is 10.6. The maximum atomic E-state index is 13.3. The molecule has 1 unspecified atom stereocenters. The zero-order valence-corrected chi connectivity index (χ0v) is 19.6. The Labute approximate surface area is 189 Å². The topological polar surface area (TPSA) is 84.9 Å². The van der Waals surface area contributed by atoms with Gasteiger partial charge in [-0.3, -0.25) is 4.79 Å². The summed E-state index contributed by atoms with van der Waals surface area (Å²) in [5.41, 5.74) is 2.01. The lowest BCUT2D eigenvalue weighted by Crippen LogP contribution is -2.33. The number of hydrogen-bond acceptors (Lipinski definition) is 5. The number of ether oxygens (including phenoxy) is 2. The first-order valence-electron chi connectivity index (χ1n) is 11.1. The Kier molecular flexibility index (Phi) is 6.44. The molecule has 2 aliphatic heterocycles. The van der Waals surface area contributed by atoms with Crippen LogP contribution in [0.2, 0.25) is 0 Å². The van der Waals surface area contributed by atoms with E-state index >= 15 is 0 Å². The molecule has 7 nitrogen and oxygen atoms in total. The SMILES string of the molecule is Cc1ccc(S(=O)(=O)N2CCCC2)cc1C(=O)NC(c1ccc2c(c1)OCCO2)C(C)C. The summed E-state index contributed by atoms with van der Waals surface area (Å²) in [6, 6.07) is 10.2. The molecule has 2 aromatic carbocycles. The van der Waals surface area contributed by atoms with Crippen molar-refractivity contribution >= 4 is 15.9 Å². The van der Waals surface area contributed by atoms with Gasteiger partial charge < -0.3 is 14.8 Å². The fraction of sp³-hybridized carbons (Fsp3) is 0.458. The average molecular weight is 459 g/mol. The monoisotopic (exact) mass is 458 g/mol. The number of sulfonamides is 1. The number of nitrogens with zero attached hydrogens (tertiary/aromatic N) is 1. The van der Waals surface area contributed by atoms with Crippen molar-refractivity contribution in [2.75, 3.05) is 26.3 Å². The highest BCUT2D eigenvalue weighted by atomic mass is 32.2. The summed E-state index contributed by atoms with van der Waals surface area (Å²) < 4.78 is 38.7. The summed E-state index contributed by atoms with van der Waals surface area (Å²) in [5.74, 6) is 1.18. The van der Waals surface area contributed by atoms with Crippen molar-refractivity contribution in [1.82, 2.24) is 9.62 Å². The van der Waals surface area contributed by atoms with Crippen molar-refractivity contribution < 1.29 is 22.7 Å². The lowest BCUT2D eigenvalue weighted by molar-refractivity contribution is 0.0924. The molecule has 2 aliphatic rings. The molecule has 2 aromatic rings. The molecule has 1 N–H and O–H groups in total. The van der Waals surface area contributed by atoms with Crippen molar-refractivity contribution in [2.24, 2.45) is 5.92 Å². The van der Waals surface area contributed by atoms with Crippen molar-refractivity contribution in [2.45, 2.75) is 44.6 Å². The lowest BCUT2D eigenvalue weighted by atomic mass is 9.95. The maximum absolute atomic E-state index is 13.3. The third-order valence-electron chi connectivity index (χ3n) is 6.04. The van der Waals surface area contributed by atoms with Crippen molar-refractivity contribution in [1.29, 1.82) is 0 Å². The predicted octanol–water partition coefficient (Wildman–Crippen LogP) is 3.68. The number of benzene rings is 2. The third-order valence-corrected chi connectivity index (χ3v) is 7.93. The van der Waals surface area contributed by atoms with E-state index < -0.39 is 10.0 Å². The van der Waals surface area contributed by atoms with Gasteiger partial charge in [-0.05, 0) is 61.1 Å². The van der Waals surface area contributed by atoms with Crippen LogP contribution in [0.5, 0.6) is 11.5 Å². The molecular weight excluding hydrogens is 428 g/mol. The van der Waals surface area contributed by atoms with E-state index in [2.05, 4.69) is 5.32 Å². The predicted molar refractivity (Wildman–Crippen MR) is 122 cm³/mol. The molecule has 0 aromatic heterocycles. The van der Waals surface area contributed by atoms with Gasteiger partial charge in [0.1, 0.15) is 13.2 Å². The van der Waals surface area contributed by atoms with Crippen LogP contribution in [-0.2, 0) is 10.0 Å². The van der Waals surface area contributed by atoms with E-state index in [-0.39, 0.29) is 22.8 Å². The molecule has 32 heavy (non-hydrogen) atoms. The summed E-state index contributed by atoms with van der Waals surface area (Å²) in [6.45, 7) is 7.94. The number of hydrogen-bond donors (Lipinski definition) is 1. The van der Waals surface area contributed by atoms with Crippen molar-refractivity contribution in [3.63, 3.8) is 0 Å². The van der Waals surface area contributed by atoms with Crippen LogP contribution < -0.4 is 14.8 Å². The molecule has 0 bridgehead atoms. The van der Waals surface area contributed by atoms with Gasteiger partial charge in [0, 0.05) is 18.7 Å². The van der Waals surface area contributed by atoms with Gasteiger partial charge in [0.2, 0.25) is 10.0 Å². The van der Waals surface area contributed by atoms with Crippen molar-refractivity contribution in [3.05, 3.63) is 53.1 Å². The molecular formula is C24H30N2O5S. The zero-order chi connectivity index (χ0) is 22.9. The van der Waals surface area contributed by atoms with Crippen LogP contribution in [0.4, 0.5) is 0 Å². The zero-order valence-electron chi connectivity index (χ0n) is 18.8. The quantitative estimate of drug-likeness (QED) is 0.714. The van der Waals surface area contributed by atoms with Gasteiger partial charge in [-0.15, -0.1) is 0 Å². The molecule has 2 heterocycles. The van der Waals surface area contributed by atoms with E-state index in [1.54, 1.807) is 12.1 Å². The van der Waals surface area contributed by atoms with E-state index in [9.17, 15) is 13.2 Å². The van der Waals surface area contributed by atoms with Gasteiger partial charge in [-0.25, -0.2) is 8.42 Å². The number of fused-ring (bicyclic) bond motifs is 1. The highest BCUT2D eigenvalue weighted by Crippen LogP contribution is 2.34. The number of carbonyl (C=O) groups excluding carboxylic acids is 1. The van der Waals surface area contributed by atoms with Crippen LogP contribution in [0.3, 0.4) is 0 Å². The molecule has 1 amide bonds. The number of aryl methyl sites for hydroxylation is 1. The summed E-state index contributed by atoms with van der Waals surface area (Å²) >= 11 is 0. The average Bonchev–Trinajstić information content (AvgIpc) is 3.33. The molecule has 4 rings (SSSR count). The Morgan fingerprint density at radius 3 is 2.38 bits per heavy atom. The third kappa shape index (κ3) is 4.47. The molecule has 0 saturated carbocycles. The fourth-order valence-corrected chi connectivity index (χ4v) is 5.73. The first-order valence-corrected chi connectivity index (χ1v) is 12.5. The number of carbonyl (C=O) groups is 1. The molecule has 1 atom stereocenters. The molecule has 0 radical (unpaired) electrons. The van der Waals surface area contributed by atoms with E-state index in [4.69, 9.17) is 9.47 Å². The number of rotatable bonds is 6. The van der Waals surface area contributed by atoms with Crippen LogP contribution in [0.15, 0.2) is 41.3 Å². The van der Waals surface area contributed by atoms with E-state index in [0.29, 0.717) is 43.4 Å². The van der Waals surface area contributed by atoms with Gasteiger partial charge >= 0.3 is 0 Å². The Hall–Kier alpha value is -2.58. The number of nitrogens with one attached hydrogen (secondary N) is 1. The summed E-state index contributed by atoms with van der Waals surface area (Å²) in [4.78, 5) is 13.4. The van der Waals surface area contributed by atoms with Gasteiger partial charge in [-0.2, -0.15) is 4.31 Å². The highest BCUT2D eigenvalue weighted by Gasteiger charge is 2.29. The molecule has 8 heteroatoms. The summed E-state index contributed by atoms with van der Waals surface area (Å²) in [6.07, 6.45) is 1.73. The Balaban J connectivity index is 1.60. The normalized spacial score (nSPS) is 17.4. The molecule has 172 valence electrons.